The highest BCUT2D eigenvalue weighted by Crippen LogP contribution is 2.39. The molecule has 29 heavy (non-hydrogen) atoms. The minimum Gasteiger partial charge on any atom is -0.339 e. The Hall–Kier alpha value is -2.93. The van der Waals surface area contributed by atoms with Crippen molar-refractivity contribution < 1.29 is 9.59 Å². The molecule has 0 radical (unpaired) electrons. The van der Waals surface area contributed by atoms with E-state index in [2.05, 4.69) is 31.7 Å². The molecule has 1 aliphatic heterocycles. The van der Waals surface area contributed by atoms with Gasteiger partial charge in [-0.15, -0.1) is 0 Å². The van der Waals surface area contributed by atoms with Gasteiger partial charge in [0.2, 0.25) is 5.91 Å². The summed E-state index contributed by atoms with van der Waals surface area (Å²) >= 11 is 3.46. The van der Waals surface area contributed by atoms with Gasteiger partial charge in [0.05, 0.1) is 5.69 Å². The van der Waals surface area contributed by atoms with Crippen LogP contribution in [0.4, 0.5) is 5.82 Å². The molecule has 0 unspecified atom stereocenters. The molecule has 0 saturated carbocycles. The Morgan fingerprint density at radius 1 is 1.10 bits per heavy atom. The quantitative estimate of drug-likeness (QED) is 0.636. The van der Waals surface area contributed by atoms with Crippen LogP contribution in [0.5, 0.6) is 0 Å². The Labute approximate surface area is 177 Å². The number of hydrogen-bond donors (Lipinski definition) is 2. The minimum atomic E-state index is -0.750. The van der Waals surface area contributed by atoms with Gasteiger partial charge in [-0.1, -0.05) is 45.8 Å². The Bertz CT molecular complexity index is 1090. The van der Waals surface area contributed by atoms with E-state index in [4.69, 9.17) is 0 Å². The van der Waals surface area contributed by atoms with Crippen molar-refractivity contribution in [3.05, 3.63) is 81.0 Å². The van der Waals surface area contributed by atoms with Gasteiger partial charge in [0.1, 0.15) is 11.9 Å². The van der Waals surface area contributed by atoms with Gasteiger partial charge in [0.25, 0.3) is 5.91 Å². The second-order valence-electron chi connectivity index (χ2n) is 7.31. The predicted octanol–water partition coefficient (Wildman–Crippen LogP) is 3.68. The van der Waals surface area contributed by atoms with E-state index in [-0.39, 0.29) is 17.7 Å². The van der Waals surface area contributed by atoms with Crippen LogP contribution in [-0.2, 0) is 11.8 Å². The molecular formula is C22H21BrN4O2. The average Bonchev–Trinajstić information content (AvgIpc) is 2.97. The van der Waals surface area contributed by atoms with Crippen LogP contribution in [0, 0.1) is 13.8 Å². The molecule has 4 rings (SSSR count). The smallest absolute Gasteiger partial charge is 0.251 e. The molecule has 2 amide bonds. The summed E-state index contributed by atoms with van der Waals surface area (Å²) in [6.07, 6.45) is 0. The van der Waals surface area contributed by atoms with E-state index >= 15 is 0 Å². The zero-order chi connectivity index (χ0) is 20.7. The van der Waals surface area contributed by atoms with Gasteiger partial charge in [-0.2, -0.15) is 5.10 Å². The third-order valence-electron chi connectivity index (χ3n) is 5.27. The molecule has 0 aliphatic carbocycles. The number of aromatic nitrogens is 2. The van der Waals surface area contributed by atoms with Crippen molar-refractivity contribution in [2.45, 2.75) is 25.8 Å². The summed E-state index contributed by atoms with van der Waals surface area (Å²) in [6, 6.07) is 14.3. The average molecular weight is 453 g/mol. The zero-order valence-corrected chi connectivity index (χ0v) is 17.9. The SMILES string of the molecule is Cc1ccc(C(=O)N[C@H]2C(=O)Nc3c(c(C)nn3C)[C@@H]2c2ccc(Br)cc2)cc1. The molecular weight excluding hydrogens is 432 g/mol. The summed E-state index contributed by atoms with van der Waals surface area (Å²) < 4.78 is 2.62. The van der Waals surface area contributed by atoms with E-state index in [1.165, 1.54) is 0 Å². The maximum Gasteiger partial charge on any atom is 0.251 e. The Morgan fingerprint density at radius 2 is 1.76 bits per heavy atom. The fourth-order valence-corrected chi connectivity index (χ4v) is 4.08. The number of fused-ring (bicyclic) bond motifs is 1. The maximum absolute atomic E-state index is 13.0. The van der Waals surface area contributed by atoms with Gasteiger partial charge < -0.3 is 10.6 Å². The summed E-state index contributed by atoms with van der Waals surface area (Å²) in [7, 11) is 1.80. The standard InChI is InChI=1S/C22H21BrN4O2/c1-12-4-6-15(7-5-12)21(28)24-19-18(14-8-10-16(23)11-9-14)17-13(2)26-27(3)20(17)25-22(19)29/h4-11,18-19H,1-3H3,(H,24,28)(H,25,29)/t18-,19+/m0/s1. The number of benzene rings is 2. The van der Waals surface area contributed by atoms with Crippen molar-refractivity contribution in [2.24, 2.45) is 7.05 Å². The van der Waals surface area contributed by atoms with E-state index in [0.717, 1.165) is 26.9 Å². The van der Waals surface area contributed by atoms with Crippen LogP contribution < -0.4 is 10.6 Å². The number of halogens is 1. The number of nitrogens with zero attached hydrogens (tertiary/aromatic N) is 2. The lowest BCUT2D eigenvalue weighted by Crippen LogP contribution is -2.50. The second-order valence-corrected chi connectivity index (χ2v) is 8.22. The van der Waals surface area contributed by atoms with Crippen LogP contribution in [0.1, 0.15) is 38.7 Å². The normalized spacial score (nSPS) is 18.1. The maximum atomic E-state index is 13.0. The van der Waals surface area contributed by atoms with E-state index in [0.29, 0.717) is 11.4 Å². The Morgan fingerprint density at radius 3 is 2.41 bits per heavy atom. The van der Waals surface area contributed by atoms with E-state index < -0.39 is 6.04 Å². The number of amides is 2. The molecule has 0 fully saturated rings. The third kappa shape index (κ3) is 3.58. The van der Waals surface area contributed by atoms with Gasteiger partial charge in [0, 0.05) is 28.6 Å². The number of aryl methyl sites for hydroxylation is 3. The molecule has 0 spiro atoms. The molecule has 0 bridgehead atoms. The first kappa shape index (κ1) is 19.4. The first-order chi connectivity index (χ1) is 13.8. The van der Waals surface area contributed by atoms with E-state index in [1.54, 1.807) is 23.9 Å². The predicted molar refractivity (Wildman–Crippen MR) is 115 cm³/mol. The number of anilines is 1. The monoisotopic (exact) mass is 452 g/mol. The van der Waals surface area contributed by atoms with Crippen molar-refractivity contribution in [2.75, 3.05) is 5.32 Å². The topological polar surface area (TPSA) is 76.0 Å². The van der Waals surface area contributed by atoms with Crippen LogP contribution in [0.2, 0.25) is 0 Å². The van der Waals surface area contributed by atoms with Crippen LogP contribution in [0.3, 0.4) is 0 Å². The Balaban J connectivity index is 1.77. The lowest BCUT2D eigenvalue weighted by Gasteiger charge is -2.32. The van der Waals surface area contributed by atoms with Crippen LogP contribution in [0.15, 0.2) is 53.0 Å². The molecule has 1 aromatic heterocycles. The minimum absolute atomic E-state index is 0.256. The van der Waals surface area contributed by atoms with Crippen LogP contribution in [-0.4, -0.2) is 27.6 Å². The first-order valence-electron chi connectivity index (χ1n) is 9.32. The number of hydrogen-bond acceptors (Lipinski definition) is 3. The highest BCUT2D eigenvalue weighted by atomic mass is 79.9. The largest absolute Gasteiger partial charge is 0.339 e. The lowest BCUT2D eigenvalue weighted by atomic mass is 9.82. The van der Waals surface area contributed by atoms with Gasteiger partial charge >= 0.3 is 0 Å². The number of rotatable bonds is 3. The van der Waals surface area contributed by atoms with Crippen molar-refractivity contribution >= 4 is 33.6 Å². The number of nitrogens with one attached hydrogen (secondary N) is 2. The highest BCUT2D eigenvalue weighted by molar-refractivity contribution is 9.10. The van der Waals surface area contributed by atoms with E-state index in [9.17, 15) is 9.59 Å². The van der Waals surface area contributed by atoms with Crippen LogP contribution in [0.25, 0.3) is 0 Å². The second kappa shape index (κ2) is 7.48. The first-order valence-corrected chi connectivity index (χ1v) is 10.1. The molecule has 3 aromatic rings. The number of carbonyl (C=O) groups excluding carboxylic acids is 2. The summed E-state index contributed by atoms with van der Waals surface area (Å²) in [5.41, 5.74) is 4.27. The van der Waals surface area contributed by atoms with Gasteiger partial charge in [-0.3, -0.25) is 14.3 Å². The molecule has 2 aromatic carbocycles. The fraction of sp³-hybridized carbons (Fsp3) is 0.227. The lowest BCUT2D eigenvalue weighted by molar-refractivity contribution is -0.118. The van der Waals surface area contributed by atoms with Gasteiger partial charge in [-0.05, 0) is 43.7 Å². The van der Waals surface area contributed by atoms with Gasteiger partial charge in [-0.25, -0.2) is 0 Å². The molecule has 2 N–H and O–H groups in total. The van der Waals surface area contributed by atoms with Crippen molar-refractivity contribution in [3.63, 3.8) is 0 Å². The zero-order valence-electron chi connectivity index (χ0n) is 16.4. The molecule has 6 nitrogen and oxygen atoms in total. The molecule has 148 valence electrons. The number of carbonyl (C=O) groups is 2. The summed E-state index contributed by atoms with van der Waals surface area (Å²) in [6.45, 7) is 3.88. The van der Waals surface area contributed by atoms with Crippen LogP contribution >= 0.6 is 15.9 Å². The van der Waals surface area contributed by atoms with E-state index in [1.807, 2.05) is 50.2 Å². The fourth-order valence-electron chi connectivity index (χ4n) is 3.82. The summed E-state index contributed by atoms with van der Waals surface area (Å²) in [4.78, 5) is 25.9. The molecule has 1 aliphatic rings. The summed E-state index contributed by atoms with van der Waals surface area (Å²) in [5.74, 6) is -0.206. The van der Waals surface area contributed by atoms with Gasteiger partial charge in [0.15, 0.2) is 0 Å². The highest BCUT2D eigenvalue weighted by Gasteiger charge is 2.41. The molecule has 7 heteroatoms. The third-order valence-corrected chi connectivity index (χ3v) is 5.80. The molecule has 0 saturated heterocycles. The molecule has 2 atom stereocenters. The molecule has 2 heterocycles. The Kier molecular flexibility index (Phi) is 5.00. The van der Waals surface area contributed by atoms with Crippen molar-refractivity contribution in [1.82, 2.24) is 15.1 Å². The summed E-state index contributed by atoms with van der Waals surface area (Å²) in [5, 5.41) is 10.3. The van der Waals surface area contributed by atoms with Crippen molar-refractivity contribution in [3.8, 4) is 0 Å². The van der Waals surface area contributed by atoms with Crippen molar-refractivity contribution in [1.29, 1.82) is 0 Å².